The Morgan fingerprint density at radius 2 is 2.17 bits per heavy atom. The predicted molar refractivity (Wildman–Crippen MR) is 70.9 cm³/mol. The van der Waals surface area contributed by atoms with E-state index in [1.807, 2.05) is 19.0 Å². The Morgan fingerprint density at radius 3 is 2.50 bits per heavy atom. The number of carbonyl (C=O) groups is 2. The molecule has 0 saturated carbocycles. The highest BCUT2D eigenvalue weighted by molar-refractivity contribution is 5.81. The van der Waals surface area contributed by atoms with Crippen molar-refractivity contribution in [3.63, 3.8) is 0 Å². The number of esters is 1. The lowest BCUT2D eigenvalue weighted by atomic mass is 10.4. The highest BCUT2D eigenvalue weighted by Crippen LogP contribution is 2.08. The van der Waals surface area contributed by atoms with Crippen molar-refractivity contribution in [2.75, 3.05) is 33.8 Å². The predicted octanol–water partition coefficient (Wildman–Crippen LogP) is 1.03. The van der Waals surface area contributed by atoms with Crippen LogP contribution in [0.15, 0.2) is 25.4 Å². The number of hydrogen-bond acceptors (Lipinski definition) is 4. The molecule has 5 nitrogen and oxygen atoms in total. The average Bonchev–Trinajstić information content (AvgIpc) is 2.74. The molecule has 0 atom stereocenters. The summed E-state index contributed by atoms with van der Waals surface area (Å²) in [4.78, 5) is 24.7. The Labute approximate surface area is 109 Å². The molecule has 102 valence electrons. The molecule has 1 saturated heterocycles. The molecule has 1 aliphatic rings. The normalized spacial score (nSPS) is 13.9. The van der Waals surface area contributed by atoms with Gasteiger partial charge in [-0.15, -0.1) is 0 Å². The van der Waals surface area contributed by atoms with Crippen molar-refractivity contribution < 1.29 is 14.3 Å². The topological polar surface area (TPSA) is 49.9 Å². The van der Waals surface area contributed by atoms with Crippen molar-refractivity contribution in [3.8, 4) is 0 Å². The Balaban J connectivity index is 0.000000327. The second kappa shape index (κ2) is 9.41. The van der Waals surface area contributed by atoms with Crippen molar-refractivity contribution >= 4 is 11.9 Å². The molecule has 0 aliphatic carbocycles. The van der Waals surface area contributed by atoms with E-state index in [0.29, 0.717) is 13.0 Å². The molecule has 1 heterocycles. The lowest BCUT2D eigenvalue weighted by molar-refractivity contribution is -0.138. The lowest BCUT2D eigenvalue weighted by Crippen LogP contribution is -2.19. The van der Waals surface area contributed by atoms with Gasteiger partial charge in [-0.05, 0) is 26.7 Å². The average molecular weight is 254 g/mol. The second-order valence-corrected chi connectivity index (χ2v) is 4.05. The molecule has 0 aromatic heterocycles. The summed E-state index contributed by atoms with van der Waals surface area (Å²) in [5.74, 6) is -0.151. The Kier molecular flexibility index (Phi) is 8.57. The van der Waals surface area contributed by atoms with Crippen LogP contribution in [0.2, 0.25) is 0 Å². The van der Waals surface area contributed by atoms with Gasteiger partial charge in [0.2, 0.25) is 5.91 Å². The number of hydrogen-bond donors (Lipinski definition) is 0. The first-order chi connectivity index (χ1) is 8.51. The minimum Gasteiger partial charge on any atom is -0.461 e. The summed E-state index contributed by atoms with van der Waals surface area (Å²) in [5, 5.41) is 0. The van der Waals surface area contributed by atoms with E-state index in [9.17, 15) is 9.59 Å². The zero-order valence-electron chi connectivity index (χ0n) is 11.2. The monoisotopic (exact) mass is 254 g/mol. The van der Waals surface area contributed by atoms with Gasteiger partial charge < -0.3 is 14.5 Å². The Morgan fingerprint density at radius 1 is 1.50 bits per heavy atom. The summed E-state index contributed by atoms with van der Waals surface area (Å²) >= 11 is 0. The first-order valence-corrected chi connectivity index (χ1v) is 5.87. The van der Waals surface area contributed by atoms with Crippen molar-refractivity contribution in [3.05, 3.63) is 25.4 Å². The lowest BCUT2D eigenvalue weighted by Gasteiger charge is -2.07. The van der Waals surface area contributed by atoms with E-state index in [4.69, 9.17) is 4.74 Å². The summed E-state index contributed by atoms with van der Waals surface area (Å²) in [7, 11) is 3.84. The third-order valence-corrected chi connectivity index (χ3v) is 2.28. The van der Waals surface area contributed by atoms with Crippen LogP contribution in [0.25, 0.3) is 0 Å². The van der Waals surface area contributed by atoms with Gasteiger partial charge in [0.25, 0.3) is 0 Å². The van der Waals surface area contributed by atoms with Gasteiger partial charge in [0.15, 0.2) is 0 Å². The van der Waals surface area contributed by atoms with Crippen LogP contribution >= 0.6 is 0 Å². The highest BCUT2D eigenvalue weighted by Gasteiger charge is 2.15. The molecule has 0 unspecified atom stereocenters. The van der Waals surface area contributed by atoms with Crippen molar-refractivity contribution in [2.45, 2.75) is 12.8 Å². The van der Waals surface area contributed by atoms with E-state index < -0.39 is 0 Å². The molecule has 0 radical (unpaired) electrons. The molecule has 18 heavy (non-hydrogen) atoms. The summed E-state index contributed by atoms with van der Waals surface area (Å²) in [6.45, 7) is 8.81. The van der Waals surface area contributed by atoms with E-state index in [1.165, 1.54) is 0 Å². The quantitative estimate of drug-likeness (QED) is 0.543. The molecule has 5 heteroatoms. The van der Waals surface area contributed by atoms with Gasteiger partial charge in [-0.1, -0.05) is 13.2 Å². The van der Waals surface area contributed by atoms with Crippen LogP contribution in [0, 0.1) is 0 Å². The number of likely N-dealkylation sites (tertiary alicyclic amines) is 1. The van der Waals surface area contributed by atoms with Gasteiger partial charge in [-0.25, -0.2) is 4.79 Å². The van der Waals surface area contributed by atoms with Crippen LogP contribution in [0.1, 0.15) is 12.8 Å². The summed E-state index contributed by atoms with van der Waals surface area (Å²) in [6.07, 6.45) is 4.45. The molecular weight excluding hydrogens is 232 g/mol. The molecular formula is C13H22N2O3. The minimum absolute atomic E-state index is 0.208. The SMILES string of the molecule is C=CC(=O)OCCN(C)C.C=CN1CCCC1=O. The molecule has 1 amide bonds. The number of likely N-dealkylation sites (N-methyl/N-ethyl adjacent to an activating group) is 1. The van der Waals surface area contributed by atoms with E-state index in [1.54, 1.807) is 11.1 Å². The maximum absolute atomic E-state index is 10.7. The van der Waals surface area contributed by atoms with Crippen LogP contribution in [0.4, 0.5) is 0 Å². The zero-order chi connectivity index (χ0) is 14.0. The fourth-order valence-corrected chi connectivity index (χ4v) is 1.25. The molecule has 1 rings (SSSR count). The molecule has 0 bridgehead atoms. The smallest absolute Gasteiger partial charge is 0.330 e. The minimum atomic E-state index is -0.359. The number of carbonyl (C=O) groups excluding carboxylic acids is 2. The number of rotatable bonds is 5. The first kappa shape index (κ1) is 16.4. The van der Waals surface area contributed by atoms with Crippen LogP contribution in [-0.2, 0) is 14.3 Å². The summed E-state index contributed by atoms with van der Waals surface area (Å²) in [5.41, 5.74) is 0. The second-order valence-electron chi connectivity index (χ2n) is 4.05. The van der Waals surface area contributed by atoms with Crippen LogP contribution in [0.3, 0.4) is 0 Å². The molecule has 0 aromatic rings. The maximum atomic E-state index is 10.7. The number of ether oxygens (including phenoxy) is 1. The Bertz CT molecular complexity index is 301. The van der Waals surface area contributed by atoms with E-state index >= 15 is 0 Å². The van der Waals surface area contributed by atoms with Gasteiger partial charge in [-0.2, -0.15) is 0 Å². The largest absolute Gasteiger partial charge is 0.461 e. The van der Waals surface area contributed by atoms with Gasteiger partial charge in [-0.3, -0.25) is 4.79 Å². The third-order valence-electron chi connectivity index (χ3n) is 2.28. The van der Waals surface area contributed by atoms with Gasteiger partial charge >= 0.3 is 5.97 Å². The van der Waals surface area contributed by atoms with Crippen LogP contribution in [0.5, 0.6) is 0 Å². The van der Waals surface area contributed by atoms with E-state index in [0.717, 1.165) is 25.6 Å². The molecule has 1 fully saturated rings. The molecule has 1 aliphatic heterocycles. The fourth-order valence-electron chi connectivity index (χ4n) is 1.25. The van der Waals surface area contributed by atoms with Gasteiger partial charge in [0.1, 0.15) is 6.61 Å². The van der Waals surface area contributed by atoms with Crippen molar-refractivity contribution in [2.24, 2.45) is 0 Å². The highest BCUT2D eigenvalue weighted by atomic mass is 16.5. The standard InChI is InChI=1S/C7H13NO2.C6H9NO/c1-4-7(9)10-6-5-8(2)3;1-2-7-5-3-4-6(7)8/h4H,1,5-6H2,2-3H3;2H,1,3-5H2. The van der Waals surface area contributed by atoms with Gasteiger partial charge in [0.05, 0.1) is 0 Å². The summed E-state index contributed by atoms with van der Waals surface area (Å²) < 4.78 is 4.70. The summed E-state index contributed by atoms with van der Waals surface area (Å²) in [6, 6.07) is 0. The first-order valence-electron chi connectivity index (χ1n) is 5.87. The maximum Gasteiger partial charge on any atom is 0.330 e. The molecule has 0 N–H and O–H groups in total. The Hall–Kier alpha value is -1.62. The van der Waals surface area contributed by atoms with Crippen molar-refractivity contribution in [1.82, 2.24) is 9.80 Å². The molecule has 0 spiro atoms. The van der Waals surface area contributed by atoms with Crippen molar-refractivity contribution in [1.29, 1.82) is 0 Å². The number of amides is 1. The van der Waals surface area contributed by atoms with Crippen LogP contribution < -0.4 is 0 Å². The number of nitrogens with zero attached hydrogens (tertiary/aromatic N) is 2. The fraction of sp³-hybridized carbons (Fsp3) is 0.538. The van der Waals surface area contributed by atoms with Crippen LogP contribution in [-0.4, -0.2) is 55.5 Å². The van der Waals surface area contributed by atoms with E-state index in [-0.39, 0.29) is 11.9 Å². The third kappa shape index (κ3) is 7.62. The van der Waals surface area contributed by atoms with Gasteiger partial charge in [0, 0.05) is 25.6 Å². The van der Waals surface area contributed by atoms with E-state index in [2.05, 4.69) is 13.2 Å². The zero-order valence-corrected chi connectivity index (χ0v) is 11.2. The molecule has 0 aromatic carbocycles.